The summed E-state index contributed by atoms with van der Waals surface area (Å²) in [5, 5.41) is 17.0. The van der Waals surface area contributed by atoms with Gasteiger partial charge in [0, 0.05) is 15.6 Å². The van der Waals surface area contributed by atoms with E-state index in [1.54, 1.807) is 44.3 Å². The van der Waals surface area contributed by atoms with Gasteiger partial charge in [-0.05, 0) is 72.8 Å². The highest BCUT2D eigenvalue weighted by Gasteiger charge is 2.40. The number of para-hydroxylation sites is 2. The van der Waals surface area contributed by atoms with Gasteiger partial charge >= 0.3 is 6.18 Å². The summed E-state index contributed by atoms with van der Waals surface area (Å²) in [6, 6.07) is 18.8. The quantitative estimate of drug-likeness (QED) is 0.223. The number of aliphatic hydroxyl groups is 1. The van der Waals surface area contributed by atoms with Crippen LogP contribution in [0.1, 0.15) is 34.5 Å². The van der Waals surface area contributed by atoms with E-state index in [4.69, 9.17) is 4.74 Å². The Hall–Kier alpha value is -4.46. The molecule has 4 aromatic carbocycles. The Morgan fingerprint density at radius 1 is 1.04 bits per heavy atom. The average molecular weight is 714 g/mol. The summed E-state index contributed by atoms with van der Waals surface area (Å²) in [6.07, 6.45) is -7.59. The van der Waals surface area contributed by atoms with Crippen molar-refractivity contribution < 1.29 is 37.4 Å². The largest absolute Gasteiger partial charge is 0.496 e. The summed E-state index contributed by atoms with van der Waals surface area (Å²) in [7, 11) is 3.13. The SMILES string of the molecule is CN[C@@H](C)C(=O)NC1CN(C(=O)c2ccc(C(O)C(F)(F)F)cc2)c2ccccc2N(Cc2c(OC)ccc3cc(Br)ccc23)C1=O. The zero-order valence-corrected chi connectivity index (χ0v) is 27.2. The Morgan fingerprint density at radius 3 is 2.36 bits per heavy atom. The molecule has 5 rings (SSSR count). The molecule has 13 heteroatoms. The number of benzene rings is 4. The number of amides is 3. The van der Waals surface area contributed by atoms with E-state index in [1.807, 2.05) is 24.3 Å². The molecule has 3 N–H and O–H groups in total. The molecular weight excluding hydrogens is 681 g/mol. The molecule has 246 valence electrons. The first-order valence-electron chi connectivity index (χ1n) is 14.6. The number of nitrogens with zero attached hydrogens (tertiary/aromatic N) is 2. The van der Waals surface area contributed by atoms with E-state index >= 15 is 0 Å². The van der Waals surface area contributed by atoms with Crippen LogP contribution >= 0.6 is 15.9 Å². The van der Waals surface area contributed by atoms with Crippen LogP contribution in [0.4, 0.5) is 24.5 Å². The van der Waals surface area contributed by atoms with Gasteiger partial charge in [-0.3, -0.25) is 14.4 Å². The van der Waals surface area contributed by atoms with Crippen molar-refractivity contribution >= 4 is 55.8 Å². The number of aliphatic hydroxyl groups excluding tert-OH is 1. The fourth-order valence-corrected chi connectivity index (χ4v) is 5.87. The van der Waals surface area contributed by atoms with E-state index in [1.165, 1.54) is 29.0 Å². The number of nitrogens with one attached hydrogen (secondary N) is 2. The van der Waals surface area contributed by atoms with Crippen molar-refractivity contribution in [2.45, 2.75) is 37.8 Å². The van der Waals surface area contributed by atoms with Crippen molar-refractivity contribution in [3.8, 4) is 5.75 Å². The Bertz CT molecular complexity index is 1820. The number of fused-ring (bicyclic) bond motifs is 2. The summed E-state index contributed by atoms with van der Waals surface area (Å²) < 4.78 is 45.9. The van der Waals surface area contributed by atoms with Crippen molar-refractivity contribution in [3.63, 3.8) is 0 Å². The Labute approximate surface area is 277 Å². The molecule has 0 saturated carbocycles. The molecule has 0 saturated heterocycles. The van der Waals surface area contributed by atoms with Gasteiger partial charge in [0.25, 0.3) is 11.8 Å². The number of halogens is 4. The molecule has 3 amide bonds. The maximum Gasteiger partial charge on any atom is 0.418 e. The molecular formula is C34H32BrF3N4O5. The molecule has 1 heterocycles. The summed E-state index contributed by atoms with van der Waals surface area (Å²) in [5.41, 5.74) is 1.03. The number of likely N-dealkylation sites (N-methyl/N-ethyl adjacent to an activating group) is 1. The third kappa shape index (κ3) is 6.97. The number of hydrogen-bond acceptors (Lipinski definition) is 6. The number of carbonyl (C=O) groups excluding carboxylic acids is 3. The monoisotopic (exact) mass is 712 g/mol. The van der Waals surface area contributed by atoms with Gasteiger partial charge in [0.15, 0.2) is 6.10 Å². The van der Waals surface area contributed by atoms with Crippen LogP contribution in [0.5, 0.6) is 5.75 Å². The summed E-state index contributed by atoms with van der Waals surface area (Å²) in [4.78, 5) is 44.4. The summed E-state index contributed by atoms with van der Waals surface area (Å²) >= 11 is 3.50. The highest BCUT2D eigenvalue weighted by Crippen LogP contribution is 2.38. The first kappa shape index (κ1) is 33.9. The van der Waals surface area contributed by atoms with Crippen LogP contribution < -0.4 is 25.2 Å². The van der Waals surface area contributed by atoms with Crippen LogP contribution in [-0.2, 0) is 16.1 Å². The van der Waals surface area contributed by atoms with Gasteiger partial charge in [0.05, 0.1) is 37.6 Å². The molecule has 47 heavy (non-hydrogen) atoms. The number of ether oxygens (including phenoxy) is 1. The van der Waals surface area contributed by atoms with Crippen LogP contribution in [0.15, 0.2) is 83.3 Å². The molecule has 0 fully saturated rings. The molecule has 9 nitrogen and oxygen atoms in total. The third-order valence-corrected chi connectivity index (χ3v) is 8.64. The predicted molar refractivity (Wildman–Crippen MR) is 175 cm³/mol. The van der Waals surface area contributed by atoms with Gasteiger partial charge in [-0.1, -0.05) is 52.3 Å². The minimum atomic E-state index is -4.88. The molecule has 0 bridgehead atoms. The minimum Gasteiger partial charge on any atom is -0.496 e. The van der Waals surface area contributed by atoms with Crippen LogP contribution in [0.25, 0.3) is 10.8 Å². The van der Waals surface area contributed by atoms with E-state index in [2.05, 4.69) is 26.6 Å². The van der Waals surface area contributed by atoms with Crippen molar-refractivity contribution in [1.82, 2.24) is 10.6 Å². The standard InChI is InChI=1S/C34H32BrF3N4O5/c1-19(39-2)31(44)40-26-18-42(32(45)21-10-8-20(9-11-21)30(43)34(36,37)38)28-7-5-4-6-27(28)41(33(26)46)17-25-24-14-13-23(35)16-22(24)12-15-29(25)47-3/h4-16,19,26,30,39,43H,17-18H2,1-3H3,(H,40,44)/t19-,26?,30?/m0/s1. The number of alkyl halides is 3. The predicted octanol–water partition coefficient (Wildman–Crippen LogP) is 5.49. The van der Waals surface area contributed by atoms with Gasteiger partial charge in [-0.15, -0.1) is 0 Å². The van der Waals surface area contributed by atoms with Crippen molar-refractivity contribution in [2.75, 3.05) is 30.5 Å². The normalized spacial score (nSPS) is 16.3. The number of hydrogen-bond donors (Lipinski definition) is 3. The van der Waals surface area contributed by atoms with Crippen LogP contribution in [0, 0.1) is 0 Å². The maximum atomic E-state index is 14.4. The van der Waals surface area contributed by atoms with Gasteiger partial charge in [0.2, 0.25) is 5.91 Å². The van der Waals surface area contributed by atoms with Crippen molar-refractivity contribution in [2.24, 2.45) is 0 Å². The Kier molecular flexibility index (Phi) is 9.89. The van der Waals surface area contributed by atoms with Crippen LogP contribution in [-0.4, -0.2) is 61.8 Å². The molecule has 3 atom stereocenters. The smallest absolute Gasteiger partial charge is 0.418 e. The zero-order valence-electron chi connectivity index (χ0n) is 25.6. The lowest BCUT2D eigenvalue weighted by atomic mass is 10.0. The Balaban J connectivity index is 1.61. The Morgan fingerprint density at radius 2 is 1.72 bits per heavy atom. The minimum absolute atomic E-state index is 0.0220. The van der Waals surface area contributed by atoms with Gasteiger partial charge < -0.3 is 30.3 Å². The number of methoxy groups -OCH3 is 1. The molecule has 0 aliphatic carbocycles. The lowest BCUT2D eigenvalue weighted by Gasteiger charge is -2.27. The molecule has 0 aromatic heterocycles. The second-order valence-electron chi connectivity index (χ2n) is 11.1. The van der Waals surface area contributed by atoms with Crippen molar-refractivity contribution in [1.29, 1.82) is 0 Å². The molecule has 4 aromatic rings. The molecule has 2 unspecified atom stereocenters. The van der Waals surface area contributed by atoms with E-state index < -0.39 is 47.6 Å². The second-order valence-corrected chi connectivity index (χ2v) is 12.0. The topological polar surface area (TPSA) is 111 Å². The lowest BCUT2D eigenvalue weighted by molar-refractivity contribution is -0.206. The number of rotatable bonds is 8. The van der Waals surface area contributed by atoms with E-state index in [0.717, 1.165) is 27.4 Å². The molecule has 0 radical (unpaired) electrons. The third-order valence-electron chi connectivity index (χ3n) is 8.15. The summed E-state index contributed by atoms with van der Waals surface area (Å²) in [5.74, 6) is -1.03. The zero-order chi connectivity index (χ0) is 34.0. The van der Waals surface area contributed by atoms with E-state index in [9.17, 15) is 32.7 Å². The van der Waals surface area contributed by atoms with Gasteiger partial charge in [-0.2, -0.15) is 13.2 Å². The van der Waals surface area contributed by atoms with Crippen molar-refractivity contribution in [3.05, 3.63) is 100 Å². The first-order chi connectivity index (χ1) is 22.3. The van der Waals surface area contributed by atoms with Gasteiger partial charge in [-0.25, -0.2) is 0 Å². The van der Waals surface area contributed by atoms with E-state index in [-0.39, 0.29) is 18.7 Å². The highest BCUT2D eigenvalue weighted by atomic mass is 79.9. The average Bonchev–Trinajstić information content (AvgIpc) is 3.17. The van der Waals surface area contributed by atoms with Gasteiger partial charge in [0.1, 0.15) is 11.8 Å². The fourth-order valence-electron chi connectivity index (χ4n) is 5.49. The highest BCUT2D eigenvalue weighted by molar-refractivity contribution is 9.10. The lowest BCUT2D eigenvalue weighted by Crippen LogP contribution is -2.55. The number of carbonyl (C=O) groups is 3. The molecule has 1 aliphatic heterocycles. The number of anilines is 2. The molecule has 1 aliphatic rings. The van der Waals surface area contributed by atoms with Crippen LogP contribution in [0.3, 0.4) is 0 Å². The van der Waals surface area contributed by atoms with Crippen LogP contribution in [0.2, 0.25) is 0 Å². The maximum absolute atomic E-state index is 14.4. The second kappa shape index (κ2) is 13.7. The summed E-state index contributed by atoms with van der Waals surface area (Å²) in [6.45, 7) is 1.39. The first-order valence-corrected chi connectivity index (χ1v) is 15.4. The fraction of sp³-hybridized carbons (Fsp3) is 0.265. The van der Waals surface area contributed by atoms with E-state index in [0.29, 0.717) is 22.7 Å². The molecule has 0 spiro atoms.